The monoisotopic (exact) mass is 278 g/mol. The van der Waals surface area contributed by atoms with Gasteiger partial charge in [-0.15, -0.1) is 0 Å². The molecule has 0 radical (unpaired) electrons. The quantitative estimate of drug-likeness (QED) is 0.640. The van der Waals surface area contributed by atoms with Gasteiger partial charge < -0.3 is 4.42 Å². The molecule has 80 valence electrons. The van der Waals surface area contributed by atoms with E-state index in [0.29, 0.717) is 21.9 Å². The van der Waals surface area contributed by atoms with Crippen molar-refractivity contribution in [3.63, 3.8) is 0 Å². The Morgan fingerprint density at radius 3 is 2.69 bits per heavy atom. The van der Waals surface area contributed by atoms with E-state index >= 15 is 0 Å². The molecule has 1 aromatic carbocycles. The Morgan fingerprint density at radius 2 is 2.06 bits per heavy atom. The minimum Gasteiger partial charge on any atom is -0.461 e. The second-order valence-electron chi connectivity index (χ2n) is 3.16. The van der Waals surface area contributed by atoms with Crippen molar-refractivity contribution >= 4 is 28.0 Å². The zero-order valence-corrected chi connectivity index (χ0v) is 9.73. The Hall–Kier alpha value is -1.68. The van der Waals surface area contributed by atoms with Gasteiger partial charge in [-0.1, -0.05) is 28.1 Å². The molecule has 0 unspecified atom stereocenters. The van der Waals surface area contributed by atoms with Crippen LogP contribution in [-0.2, 0) is 0 Å². The van der Waals surface area contributed by atoms with Crippen molar-refractivity contribution in [2.24, 2.45) is 0 Å². The van der Waals surface area contributed by atoms with E-state index in [-0.39, 0.29) is 11.5 Å². The lowest BCUT2D eigenvalue weighted by Crippen LogP contribution is -2.00. The molecule has 16 heavy (non-hydrogen) atoms. The number of furan rings is 1. The van der Waals surface area contributed by atoms with Gasteiger partial charge in [0.2, 0.25) is 0 Å². The molecular formula is C12H7BrO3. The van der Waals surface area contributed by atoms with Gasteiger partial charge in [0.25, 0.3) is 0 Å². The van der Waals surface area contributed by atoms with E-state index in [1.54, 1.807) is 18.2 Å². The van der Waals surface area contributed by atoms with Crippen molar-refractivity contribution in [3.05, 3.63) is 58.0 Å². The molecule has 1 heterocycles. The summed E-state index contributed by atoms with van der Waals surface area (Å²) in [5.74, 6) is -0.0280. The summed E-state index contributed by atoms with van der Waals surface area (Å²) in [4.78, 5) is 22.4. The smallest absolute Gasteiger partial charge is 0.197 e. The molecular weight excluding hydrogens is 272 g/mol. The number of aldehydes is 1. The average molecular weight is 279 g/mol. The Morgan fingerprint density at radius 1 is 1.31 bits per heavy atom. The maximum absolute atomic E-state index is 12.0. The van der Waals surface area contributed by atoms with Crippen LogP contribution in [-0.4, -0.2) is 12.1 Å². The maximum atomic E-state index is 12.0. The Kier molecular flexibility index (Phi) is 3.01. The number of hydrogen-bond acceptors (Lipinski definition) is 3. The highest BCUT2D eigenvalue weighted by Crippen LogP contribution is 2.20. The molecule has 0 aliphatic heterocycles. The molecule has 0 aliphatic rings. The van der Waals surface area contributed by atoms with Crippen molar-refractivity contribution in [3.8, 4) is 0 Å². The van der Waals surface area contributed by atoms with Crippen LogP contribution in [0.15, 0.2) is 45.5 Å². The third kappa shape index (κ3) is 1.97. The van der Waals surface area contributed by atoms with Crippen LogP contribution in [0.5, 0.6) is 0 Å². The summed E-state index contributed by atoms with van der Waals surface area (Å²) >= 11 is 3.30. The normalized spacial score (nSPS) is 10.1. The molecule has 0 saturated heterocycles. The fourth-order valence-electron chi connectivity index (χ4n) is 1.33. The summed E-state index contributed by atoms with van der Waals surface area (Å²) in [5.41, 5.74) is 0.912. The highest BCUT2D eigenvalue weighted by atomic mass is 79.9. The topological polar surface area (TPSA) is 47.3 Å². The summed E-state index contributed by atoms with van der Waals surface area (Å²) in [5, 5.41) is 0. The molecule has 2 aromatic rings. The number of rotatable bonds is 3. The largest absolute Gasteiger partial charge is 0.461 e. The van der Waals surface area contributed by atoms with Gasteiger partial charge in [0.1, 0.15) is 6.26 Å². The van der Waals surface area contributed by atoms with Gasteiger partial charge in [0.15, 0.2) is 17.8 Å². The first kappa shape index (κ1) is 10.8. The van der Waals surface area contributed by atoms with Crippen LogP contribution < -0.4 is 0 Å². The molecule has 2 rings (SSSR count). The Labute approximate surface area is 100 Å². The SMILES string of the molecule is O=Cc1cc(C(=O)c2ccccc2Br)co1. The lowest BCUT2D eigenvalue weighted by molar-refractivity contribution is 0.103. The molecule has 0 spiro atoms. The second-order valence-corrected chi connectivity index (χ2v) is 4.02. The van der Waals surface area contributed by atoms with Gasteiger partial charge in [-0.05, 0) is 18.2 Å². The number of carbonyl (C=O) groups excluding carboxylic acids is 2. The van der Waals surface area contributed by atoms with E-state index in [9.17, 15) is 9.59 Å². The first-order chi connectivity index (χ1) is 7.72. The zero-order chi connectivity index (χ0) is 11.5. The van der Waals surface area contributed by atoms with Gasteiger partial charge in [-0.25, -0.2) is 0 Å². The van der Waals surface area contributed by atoms with Gasteiger partial charge in [0, 0.05) is 10.0 Å². The predicted molar refractivity (Wildman–Crippen MR) is 61.7 cm³/mol. The van der Waals surface area contributed by atoms with Crippen LogP contribution in [0.3, 0.4) is 0 Å². The van der Waals surface area contributed by atoms with E-state index in [1.165, 1.54) is 12.3 Å². The summed E-state index contributed by atoms with van der Waals surface area (Å²) < 4.78 is 5.61. The van der Waals surface area contributed by atoms with Gasteiger partial charge in [0.05, 0.1) is 5.56 Å². The maximum Gasteiger partial charge on any atom is 0.197 e. The van der Waals surface area contributed by atoms with Crippen LogP contribution in [0.2, 0.25) is 0 Å². The third-order valence-electron chi connectivity index (χ3n) is 2.12. The van der Waals surface area contributed by atoms with E-state index in [2.05, 4.69) is 15.9 Å². The van der Waals surface area contributed by atoms with E-state index < -0.39 is 0 Å². The van der Waals surface area contributed by atoms with Crippen molar-refractivity contribution in [2.45, 2.75) is 0 Å². The standard InChI is InChI=1S/C12H7BrO3/c13-11-4-2-1-3-10(11)12(15)8-5-9(6-14)16-7-8/h1-7H. The van der Waals surface area contributed by atoms with Crippen LogP contribution in [0.1, 0.15) is 26.5 Å². The van der Waals surface area contributed by atoms with Crippen LogP contribution in [0, 0.1) is 0 Å². The predicted octanol–water partition coefficient (Wildman–Crippen LogP) is 3.09. The number of ketones is 1. The first-order valence-electron chi connectivity index (χ1n) is 4.55. The number of halogens is 1. The van der Waals surface area contributed by atoms with Gasteiger partial charge >= 0.3 is 0 Å². The Bertz CT molecular complexity index is 543. The number of carbonyl (C=O) groups is 2. The van der Waals surface area contributed by atoms with Gasteiger partial charge in [-0.3, -0.25) is 9.59 Å². The molecule has 1 aromatic heterocycles. The molecule has 0 N–H and O–H groups in total. The average Bonchev–Trinajstić information content (AvgIpc) is 2.77. The first-order valence-corrected chi connectivity index (χ1v) is 5.34. The van der Waals surface area contributed by atoms with Gasteiger partial charge in [-0.2, -0.15) is 0 Å². The van der Waals surface area contributed by atoms with Crippen LogP contribution >= 0.6 is 15.9 Å². The van der Waals surface area contributed by atoms with Crippen molar-refractivity contribution in [1.29, 1.82) is 0 Å². The summed E-state index contributed by atoms with van der Waals surface area (Å²) in [6, 6.07) is 8.52. The highest BCUT2D eigenvalue weighted by molar-refractivity contribution is 9.10. The highest BCUT2D eigenvalue weighted by Gasteiger charge is 2.14. The second kappa shape index (κ2) is 4.45. The molecule has 0 atom stereocenters. The molecule has 0 aliphatic carbocycles. The van der Waals surface area contributed by atoms with Crippen LogP contribution in [0.4, 0.5) is 0 Å². The van der Waals surface area contributed by atoms with E-state index in [4.69, 9.17) is 4.42 Å². The fraction of sp³-hybridized carbons (Fsp3) is 0. The lowest BCUT2D eigenvalue weighted by atomic mass is 10.1. The number of hydrogen-bond donors (Lipinski definition) is 0. The molecule has 0 saturated carbocycles. The zero-order valence-electron chi connectivity index (χ0n) is 8.14. The number of benzene rings is 1. The molecule has 0 amide bonds. The molecule has 0 fully saturated rings. The molecule has 4 heteroatoms. The fourth-order valence-corrected chi connectivity index (χ4v) is 1.80. The third-order valence-corrected chi connectivity index (χ3v) is 2.81. The summed E-state index contributed by atoms with van der Waals surface area (Å²) in [6.45, 7) is 0. The van der Waals surface area contributed by atoms with E-state index in [1.807, 2.05) is 6.07 Å². The lowest BCUT2D eigenvalue weighted by Gasteiger charge is -1.99. The van der Waals surface area contributed by atoms with E-state index in [0.717, 1.165) is 0 Å². The van der Waals surface area contributed by atoms with Crippen molar-refractivity contribution < 1.29 is 14.0 Å². The van der Waals surface area contributed by atoms with Crippen LogP contribution in [0.25, 0.3) is 0 Å². The molecule has 3 nitrogen and oxygen atoms in total. The van der Waals surface area contributed by atoms with Crippen molar-refractivity contribution in [2.75, 3.05) is 0 Å². The molecule has 0 bridgehead atoms. The minimum absolute atomic E-state index is 0.149. The summed E-state index contributed by atoms with van der Waals surface area (Å²) in [7, 11) is 0. The Balaban J connectivity index is 2.39. The minimum atomic E-state index is -0.177. The summed E-state index contributed by atoms with van der Waals surface area (Å²) in [6.07, 6.45) is 1.85. The van der Waals surface area contributed by atoms with Crippen molar-refractivity contribution in [1.82, 2.24) is 0 Å².